The zero-order valence-electron chi connectivity index (χ0n) is 38.5. The van der Waals surface area contributed by atoms with Crippen LogP contribution in [-0.4, -0.2) is 104 Å². The number of ether oxygens (including phenoxy) is 2. The number of hydrogen-bond donors (Lipinski definition) is 2. The molecular formula is C42H60BBrF3I2MgN3NaO7S3. The van der Waals surface area contributed by atoms with Gasteiger partial charge in [-0.2, -0.15) is 6.29 Å². The molecule has 0 spiro atoms. The Labute approximate surface area is 473 Å². The minimum absolute atomic E-state index is 0. The van der Waals surface area contributed by atoms with Gasteiger partial charge in [-0.15, -0.1) is 34.0 Å². The zero-order valence-corrected chi connectivity index (χ0v) is 50.2. The summed E-state index contributed by atoms with van der Waals surface area (Å²) in [6, 6.07) is 12.8. The van der Waals surface area contributed by atoms with Gasteiger partial charge >= 0.3 is 64.8 Å². The summed E-state index contributed by atoms with van der Waals surface area (Å²) in [7, 11) is 0. The smallest absolute Gasteiger partial charge is 1.00 e. The molecule has 0 aliphatic carbocycles. The maximum Gasteiger partial charge on any atom is 2.00 e. The van der Waals surface area contributed by atoms with E-state index in [1.807, 2.05) is 81.0 Å². The van der Waals surface area contributed by atoms with Crippen molar-refractivity contribution in [2.24, 2.45) is 17.8 Å². The van der Waals surface area contributed by atoms with Gasteiger partial charge in [0.15, 0.2) is 5.78 Å². The Hall–Kier alpha value is 0.171. The normalized spacial score (nSPS) is 16.9. The van der Waals surface area contributed by atoms with Crippen molar-refractivity contribution in [2.45, 2.75) is 124 Å². The van der Waals surface area contributed by atoms with Gasteiger partial charge < -0.3 is 72.9 Å². The maximum atomic E-state index is 11.8. The quantitative estimate of drug-likeness (QED) is 0.160. The number of hydrogen-bond acceptors (Lipinski definition) is 11. The van der Waals surface area contributed by atoms with Gasteiger partial charge in [-0.1, -0.05) is 39.0 Å². The van der Waals surface area contributed by atoms with Crippen molar-refractivity contribution in [1.29, 1.82) is 0 Å². The van der Waals surface area contributed by atoms with Crippen LogP contribution in [-0.2, 0) is 19.1 Å². The number of halogens is 6. The van der Waals surface area contributed by atoms with Gasteiger partial charge in [0, 0.05) is 45.3 Å². The molecule has 2 saturated heterocycles. The number of Topliss-reactive ketones (excluding diaryl/α,β-unsaturated/α-hetero) is 1. The SMILES string of the molecule is Brc1cccs1.CC(CCC(=O)c1cccs1)CNC(=O)OC(C)(C)C.CC1CCC(=O)N(C(=O)OC(C)(C)C)C1.CC1CCC(c2cccs2)NC1.O=[C-]C(F)(F)F.[B].[I-].[I-].[Mg+2].[Na+]. The van der Waals surface area contributed by atoms with E-state index in [4.69, 9.17) is 14.3 Å². The molecule has 3 aromatic heterocycles. The average molecular weight is 1260 g/mol. The number of carbonyl (C=O) groups is 4. The third kappa shape index (κ3) is 37.1. The van der Waals surface area contributed by atoms with Gasteiger partial charge in [0.2, 0.25) is 5.91 Å². The van der Waals surface area contributed by atoms with E-state index < -0.39 is 29.6 Å². The third-order valence-corrected chi connectivity index (χ3v) is 11.4. The van der Waals surface area contributed by atoms with Crippen molar-refractivity contribution >= 4 is 112 Å². The topological polar surface area (TPSA) is 131 Å². The van der Waals surface area contributed by atoms with E-state index >= 15 is 0 Å². The standard InChI is InChI=1S/C15H23NO3S.C11H19NO3.C10H15NS.C4H3BrS.C2F3O.B.2HI.Mg.Na/c1-11(10-16-14(18)19-15(2,3)4)7-8-12(17)13-6-5-9-20-13;1-8-5-6-9(13)12(7-8)10(14)15-11(2,3)4;1-8-4-5-9(11-7-8)10-3-2-6-12-10;5-4-2-1-3-6-4;3-2(4,5)1-6;;;;;/h5-6,9,11H,7-8,10H2,1-4H3,(H,16,18);8H,5-7H2,1-4H3;2-3,6,8-9,11H,4-5,7H2,1H3;1-3H;;;2*1H;;/q;;;;-1;;;;+2;+1/p-2. The number of ketones is 1. The number of nitrogens with one attached hydrogen (secondary N) is 2. The molecule has 351 valence electrons. The van der Waals surface area contributed by atoms with Gasteiger partial charge in [-0.05, 0) is 142 Å². The largest absolute Gasteiger partial charge is 2.00 e. The monoisotopic (exact) mass is 1260 g/mol. The first kappa shape index (κ1) is 73.1. The second-order valence-electron chi connectivity index (χ2n) is 16.2. The fourth-order valence-electron chi connectivity index (χ4n) is 5.10. The molecule has 64 heavy (non-hydrogen) atoms. The Balaban J connectivity index is -0.000000236. The molecule has 0 bridgehead atoms. The summed E-state index contributed by atoms with van der Waals surface area (Å²) in [6.07, 6.45) is -0.583. The van der Waals surface area contributed by atoms with Crippen LogP contribution in [0.5, 0.6) is 0 Å². The minimum atomic E-state index is -4.76. The number of rotatable bonds is 7. The van der Waals surface area contributed by atoms with E-state index in [1.54, 1.807) is 32.1 Å². The van der Waals surface area contributed by atoms with Crippen LogP contribution in [0.15, 0.2) is 56.3 Å². The molecule has 2 fully saturated rings. The molecule has 22 heteroatoms. The third-order valence-electron chi connectivity index (χ3n) is 8.06. The van der Waals surface area contributed by atoms with Crippen molar-refractivity contribution in [1.82, 2.24) is 15.5 Å². The van der Waals surface area contributed by atoms with Crippen LogP contribution in [0.4, 0.5) is 22.8 Å². The molecule has 2 aliphatic heterocycles. The van der Waals surface area contributed by atoms with E-state index in [1.165, 1.54) is 44.3 Å². The first-order valence-electron chi connectivity index (χ1n) is 19.4. The fraction of sp³-hybridized carbons (Fsp3) is 0.595. The van der Waals surface area contributed by atoms with Gasteiger partial charge in [-0.3, -0.25) is 9.59 Å². The van der Waals surface area contributed by atoms with Crippen LogP contribution in [0, 0.1) is 17.8 Å². The molecule has 4 atom stereocenters. The Morgan fingerprint density at radius 3 is 1.88 bits per heavy atom. The fourth-order valence-corrected chi connectivity index (χ4v) is 7.56. The van der Waals surface area contributed by atoms with E-state index in [-0.39, 0.29) is 133 Å². The molecular weight excluding hydrogens is 1200 g/mol. The van der Waals surface area contributed by atoms with E-state index in [0.29, 0.717) is 37.9 Å². The van der Waals surface area contributed by atoms with Crippen molar-refractivity contribution in [3.8, 4) is 0 Å². The second-order valence-corrected chi connectivity index (χ2v) is 20.5. The number of imide groups is 1. The van der Waals surface area contributed by atoms with Gasteiger partial charge in [0.05, 0.1) is 8.66 Å². The molecule has 10 nitrogen and oxygen atoms in total. The number of likely N-dealkylation sites (tertiary alicyclic amines) is 1. The molecule has 2 N–H and O–H groups in total. The Morgan fingerprint density at radius 1 is 0.906 bits per heavy atom. The number of alkyl carbamates (subject to hydrolysis) is 1. The predicted octanol–water partition coefficient (Wildman–Crippen LogP) is 2.28. The number of carbonyl (C=O) groups excluding carboxylic acids is 5. The molecule has 5 rings (SSSR count). The van der Waals surface area contributed by atoms with Gasteiger partial charge in [0.1, 0.15) is 11.2 Å². The summed E-state index contributed by atoms with van der Waals surface area (Å²) in [5, 5.41) is 12.4. The summed E-state index contributed by atoms with van der Waals surface area (Å²) in [4.78, 5) is 58.6. The van der Waals surface area contributed by atoms with Crippen molar-refractivity contribution < 1.29 is 124 Å². The number of piperidine rings is 2. The molecule has 0 aromatic carbocycles. The van der Waals surface area contributed by atoms with Crippen LogP contribution < -0.4 is 88.1 Å². The van der Waals surface area contributed by atoms with E-state index in [9.17, 15) is 32.3 Å². The average Bonchev–Trinajstić information content (AvgIpc) is 3.96. The van der Waals surface area contributed by atoms with Crippen LogP contribution >= 0.6 is 49.9 Å². The summed E-state index contributed by atoms with van der Waals surface area (Å²) < 4.78 is 42.6. The Kier molecular flexibility index (Phi) is 43.4. The first-order chi connectivity index (χ1) is 27.4. The van der Waals surface area contributed by atoms with Gasteiger partial charge in [0.25, 0.3) is 6.18 Å². The molecule has 5 heterocycles. The van der Waals surface area contributed by atoms with E-state index in [0.717, 1.165) is 23.6 Å². The second kappa shape index (κ2) is 38.0. The number of amides is 3. The van der Waals surface area contributed by atoms with Crippen LogP contribution in [0.25, 0.3) is 0 Å². The Bertz CT molecular complexity index is 1670. The van der Waals surface area contributed by atoms with Crippen molar-refractivity contribution in [2.75, 3.05) is 19.6 Å². The molecule has 4 unspecified atom stereocenters. The summed E-state index contributed by atoms with van der Waals surface area (Å²) in [6.45, 7) is 19.4. The van der Waals surface area contributed by atoms with Crippen molar-refractivity contribution in [3.63, 3.8) is 0 Å². The zero-order chi connectivity index (χ0) is 44.8. The summed E-state index contributed by atoms with van der Waals surface area (Å²) >= 11 is 8.33. The predicted molar refractivity (Wildman–Crippen MR) is 246 cm³/mol. The first-order valence-corrected chi connectivity index (χ1v) is 22.8. The molecule has 3 radical (unpaired) electrons. The number of alkyl halides is 3. The van der Waals surface area contributed by atoms with E-state index in [2.05, 4.69) is 51.0 Å². The van der Waals surface area contributed by atoms with Crippen LogP contribution in [0.3, 0.4) is 0 Å². The summed E-state index contributed by atoms with van der Waals surface area (Å²) in [5.41, 5.74) is -1.03. The number of thiophene rings is 3. The van der Waals surface area contributed by atoms with Gasteiger partial charge in [-0.25, -0.2) is 27.7 Å². The number of nitrogens with zero attached hydrogens (tertiary/aromatic N) is 1. The molecule has 0 saturated carbocycles. The summed E-state index contributed by atoms with van der Waals surface area (Å²) in [5.74, 6) is 1.52. The molecule has 3 aromatic rings. The molecule has 3 amide bonds. The van der Waals surface area contributed by atoms with Crippen LogP contribution in [0.2, 0.25) is 0 Å². The minimum Gasteiger partial charge on any atom is -1.00 e. The maximum absolute atomic E-state index is 11.8. The Morgan fingerprint density at radius 2 is 1.45 bits per heavy atom. The van der Waals surface area contributed by atoms with Crippen molar-refractivity contribution in [3.05, 3.63) is 66.1 Å². The van der Waals surface area contributed by atoms with Crippen LogP contribution in [0.1, 0.15) is 121 Å². The molecule has 2 aliphatic rings.